The van der Waals surface area contributed by atoms with Crippen molar-refractivity contribution in [2.45, 2.75) is 0 Å². The number of nitrogens with one attached hydrogen (secondary N) is 1. The number of H-pyrrole nitrogens is 1. The fourth-order valence-corrected chi connectivity index (χ4v) is 3.02. The maximum Gasteiger partial charge on any atom is 0.0705 e. The van der Waals surface area contributed by atoms with Crippen LogP contribution in [0.3, 0.4) is 0 Å². The largest absolute Gasteiger partial charge is 0.354 e. The van der Waals surface area contributed by atoms with E-state index in [1.807, 2.05) is 6.07 Å². The van der Waals surface area contributed by atoms with E-state index in [9.17, 15) is 0 Å². The lowest BCUT2D eigenvalue weighted by Gasteiger charge is -1.88. The maximum absolute atomic E-state index is 3.48. The van der Waals surface area contributed by atoms with Gasteiger partial charge in [0.05, 0.1) is 14.4 Å². The molecule has 1 N–H and O–H groups in total. The fraction of sp³-hybridized carbons (Fsp3) is 0. The molecule has 3 heteroatoms. The molecule has 74 valence electrons. The van der Waals surface area contributed by atoms with Crippen LogP contribution in [0.2, 0.25) is 0 Å². The van der Waals surface area contributed by atoms with E-state index >= 15 is 0 Å². The highest BCUT2D eigenvalue weighted by molar-refractivity contribution is 9.11. The molecule has 0 bridgehead atoms. The van der Waals surface area contributed by atoms with Crippen LogP contribution in [0.5, 0.6) is 0 Å². The molecule has 0 amide bonds. The Kier molecular flexibility index (Phi) is 2.15. The molecule has 3 aromatic rings. The van der Waals surface area contributed by atoms with Gasteiger partial charge in [0.2, 0.25) is 0 Å². The molecule has 2 aromatic heterocycles. The molecular formula is C12H8BrNS. The Morgan fingerprint density at radius 3 is 2.67 bits per heavy atom. The lowest BCUT2D eigenvalue weighted by molar-refractivity contribution is 1.48. The molecule has 2 heterocycles. The van der Waals surface area contributed by atoms with Gasteiger partial charge in [-0.05, 0) is 40.2 Å². The van der Waals surface area contributed by atoms with Gasteiger partial charge in [-0.1, -0.05) is 18.2 Å². The van der Waals surface area contributed by atoms with Gasteiger partial charge in [0, 0.05) is 10.9 Å². The second-order valence-electron chi connectivity index (χ2n) is 3.37. The van der Waals surface area contributed by atoms with Crippen molar-refractivity contribution >= 4 is 38.2 Å². The minimum absolute atomic E-state index is 1.16. The Morgan fingerprint density at radius 1 is 1.07 bits per heavy atom. The van der Waals surface area contributed by atoms with Crippen molar-refractivity contribution in [2.24, 2.45) is 0 Å². The standard InChI is InChI=1S/C12H8BrNS/c13-12-6-5-11(15-12)10-7-8-3-1-2-4-9(8)14-10/h1-7,14H. The van der Waals surface area contributed by atoms with Crippen molar-refractivity contribution < 1.29 is 0 Å². The van der Waals surface area contributed by atoms with Crippen LogP contribution in [0.15, 0.2) is 46.3 Å². The summed E-state index contributed by atoms with van der Waals surface area (Å²) in [6, 6.07) is 14.7. The van der Waals surface area contributed by atoms with Gasteiger partial charge in [-0.3, -0.25) is 0 Å². The van der Waals surface area contributed by atoms with Crippen molar-refractivity contribution in [3.63, 3.8) is 0 Å². The molecule has 0 aliphatic heterocycles. The molecule has 0 radical (unpaired) electrons. The molecule has 15 heavy (non-hydrogen) atoms. The molecule has 0 aliphatic rings. The number of aromatic nitrogens is 1. The Morgan fingerprint density at radius 2 is 1.93 bits per heavy atom. The lowest BCUT2D eigenvalue weighted by atomic mass is 10.2. The summed E-state index contributed by atoms with van der Waals surface area (Å²) in [6.45, 7) is 0. The van der Waals surface area contributed by atoms with E-state index in [1.165, 1.54) is 21.5 Å². The van der Waals surface area contributed by atoms with Crippen molar-refractivity contribution in [1.82, 2.24) is 4.98 Å². The highest BCUT2D eigenvalue weighted by atomic mass is 79.9. The molecule has 0 spiro atoms. The van der Waals surface area contributed by atoms with Crippen LogP contribution in [0.1, 0.15) is 0 Å². The SMILES string of the molecule is Brc1ccc(-c2cc3ccccc3[nH]2)s1. The van der Waals surface area contributed by atoms with Crippen LogP contribution in [-0.2, 0) is 0 Å². The minimum atomic E-state index is 1.16. The van der Waals surface area contributed by atoms with Crippen molar-refractivity contribution in [1.29, 1.82) is 0 Å². The van der Waals surface area contributed by atoms with E-state index in [4.69, 9.17) is 0 Å². The number of benzene rings is 1. The van der Waals surface area contributed by atoms with Crippen LogP contribution in [0.4, 0.5) is 0 Å². The number of aromatic amines is 1. The summed E-state index contributed by atoms with van der Waals surface area (Å²) in [4.78, 5) is 4.68. The van der Waals surface area contributed by atoms with Crippen LogP contribution >= 0.6 is 27.3 Å². The summed E-state index contributed by atoms with van der Waals surface area (Å²) in [5.74, 6) is 0. The first-order valence-electron chi connectivity index (χ1n) is 4.66. The Hall–Kier alpha value is -1.06. The molecule has 0 saturated heterocycles. The Bertz CT molecular complexity index is 576. The average molecular weight is 278 g/mol. The minimum Gasteiger partial charge on any atom is -0.354 e. The lowest BCUT2D eigenvalue weighted by Crippen LogP contribution is -1.68. The molecule has 3 rings (SSSR count). The van der Waals surface area contributed by atoms with Crippen LogP contribution in [-0.4, -0.2) is 4.98 Å². The second-order valence-corrected chi connectivity index (χ2v) is 5.84. The predicted octanol–water partition coefficient (Wildman–Crippen LogP) is 4.66. The van der Waals surface area contributed by atoms with Crippen LogP contribution in [0.25, 0.3) is 21.5 Å². The average Bonchev–Trinajstić information content (AvgIpc) is 2.82. The number of hydrogen-bond donors (Lipinski definition) is 1. The number of halogens is 1. The smallest absolute Gasteiger partial charge is 0.0705 e. The molecule has 1 aromatic carbocycles. The first-order valence-corrected chi connectivity index (χ1v) is 6.27. The molecular weight excluding hydrogens is 270 g/mol. The van der Waals surface area contributed by atoms with Gasteiger partial charge in [-0.15, -0.1) is 11.3 Å². The molecule has 1 nitrogen and oxygen atoms in total. The Balaban J connectivity index is 2.19. The third kappa shape index (κ3) is 1.62. The van der Waals surface area contributed by atoms with Gasteiger partial charge in [0.25, 0.3) is 0 Å². The van der Waals surface area contributed by atoms with Crippen molar-refractivity contribution in [3.05, 3.63) is 46.3 Å². The van der Waals surface area contributed by atoms with E-state index in [2.05, 4.69) is 57.3 Å². The van der Waals surface area contributed by atoms with Crippen molar-refractivity contribution in [3.8, 4) is 10.6 Å². The number of rotatable bonds is 1. The number of thiophene rings is 1. The van der Waals surface area contributed by atoms with E-state index in [-0.39, 0.29) is 0 Å². The van der Waals surface area contributed by atoms with E-state index < -0.39 is 0 Å². The zero-order valence-electron chi connectivity index (χ0n) is 7.83. The van der Waals surface area contributed by atoms with E-state index in [1.54, 1.807) is 11.3 Å². The summed E-state index contributed by atoms with van der Waals surface area (Å²) in [5, 5.41) is 1.26. The highest BCUT2D eigenvalue weighted by Gasteiger charge is 2.04. The third-order valence-corrected chi connectivity index (χ3v) is 4.03. The van der Waals surface area contributed by atoms with Gasteiger partial charge in [0.15, 0.2) is 0 Å². The van der Waals surface area contributed by atoms with E-state index in [0.717, 1.165) is 3.79 Å². The Labute approximate surface area is 99.9 Å². The summed E-state index contributed by atoms with van der Waals surface area (Å²) in [6.07, 6.45) is 0. The van der Waals surface area contributed by atoms with Crippen LogP contribution in [0, 0.1) is 0 Å². The first-order chi connectivity index (χ1) is 7.33. The maximum atomic E-state index is 3.48. The van der Waals surface area contributed by atoms with Gasteiger partial charge < -0.3 is 4.98 Å². The molecule has 0 fully saturated rings. The monoisotopic (exact) mass is 277 g/mol. The quantitative estimate of drug-likeness (QED) is 0.666. The molecule has 0 aliphatic carbocycles. The van der Waals surface area contributed by atoms with E-state index in [0.29, 0.717) is 0 Å². The first kappa shape index (κ1) is 9.19. The van der Waals surface area contributed by atoms with Crippen LogP contribution < -0.4 is 0 Å². The number of hydrogen-bond acceptors (Lipinski definition) is 1. The van der Waals surface area contributed by atoms with Gasteiger partial charge in [-0.2, -0.15) is 0 Å². The van der Waals surface area contributed by atoms with Gasteiger partial charge in [0.1, 0.15) is 0 Å². The summed E-state index contributed by atoms with van der Waals surface area (Å²) < 4.78 is 1.16. The molecule has 0 atom stereocenters. The zero-order chi connectivity index (χ0) is 10.3. The third-order valence-electron chi connectivity index (χ3n) is 2.37. The topological polar surface area (TPSA) is 15.8 Å². The summed E-state index contributed by atoms with van der Waals surface area (Å²) in [5.41, 5.74) is 2.38. The normalized spacial score (nSPS) is 11.0. The number of para-hydroxylation sites is 1. The molecule has 0 saturated carbocycles. The fourth-order valence-electron chi connectivity index (χ4n) is 1.67. The highest BCUT2D eigenvalue weighted by Crippen LogP contribution is 2.32. The summed E-state index contributed by atoms with van der Waals surface area (Å²) >= 11 is 5.22. The predicted molar refractivity (Wildman–Crippen MR) is 69.3 cm³/mol. The number of fused-ring (bicyclic) bond motifs is 1. The zero-order valence-corrected chi connectivity index (χ0v) is 10.2. The van der Waals surface area contributed by atoms with Crippen molar-refractivity contribution in [2.75, 3.05) is 0 Å². The summed E-state index contributed by atoms with van der Waals surface area (Å²) in [7, 11) is 0. The van der Waals surface area contributed by atoms with Gasteiger partial charge >= 0.3 is 0 Å². The second kappa shape index (κ2) is 3.51. The molecule has 0 unspecified atom stereocenters. The van der Waals surface area contributed by atoms with Gasteiger partial charge in [-0.25, -0.2) is 0 Å².